The number of aldehydes is 1. The van der Waals surface area contributed by atoms with Gasteiger partial charge < -0.3 is 5.32 Å². The van der Waals surface area contributed by atoms with E-state index in [1.807, 2.05) is 6.92 Å². The Morgan fingerprint density at radius 1 is 1.42 bits per heavy atom. The maximum absolute atomic E-state index is 11.0. The molecule has 104 valence electrons. The van der Waals surface area contributed by atoms with E-state index in [0.29, 0.717) is 17.5 Å². The highest BCUT2D eigenvalue weighted by atomic mass is 16.6. The van der Waals surface area contributed by atoms with Gasteiger partial charge in [-0.3, -0.25) is 14.9 Å². The summed E-state index contributed by atoms with van der Waals surface area (Å²) in [6.07, 6.45) is 5.01. The van der Waals surface area contributed by atoms with E-state index < -0.39 is 4.92 Å². The van der Waals surface area contributed by atoms with Crippen molar-refractivity contribution in [3.8, 4) is 0 Å². The molecule has 0 amide bonds. The van der Waals surface area contributed by atoms with E-state index in [-0.39, 0.29) is 11.7 Å². The molecule has 1 rings (SSSR count). The standard InChI is InChI=1S/C14H20N2O3/c1-3-4-5-6-11(2)15-13-8-7-12(10-17)9-14(13)16(18)19/h7-11,15H,3-6H2,1-2H3. The molecule has 0 aromatic heterocycles. The summed E-state index contributed by atoms with van der Waals surface area (Å²) in [7, 11) is 0. The number of nitro groups is 1. The van der Waals surface area contributed by atoms with Crippen molar-refractivity contribution in [1.82, 2.24) is 0 Å². The van der Waals surface area contributed by atoms with E-state index in [0.717, 1.165) is 25.7 Å². The first-order valence-electron chi connectivity index (χ1n) is 6.58. The summed E-state index contributed by atoms with van der Waals surface area (Å²) in [5.74, 6) is 0. The SMILES string of the molecule is CCCCCC(C)Nc1ccc(C=O)cc1[N+](=O)[O-]. The van der Waals surface area contributed by atoms with Crippen molar-refractivity contribution in [2.24, 2.45) is 0 Å². The van der Waals surface area contributed by atoms with Crippen LogP contribution in [0.5, 0.6) is 0 Å². The summed E-state index contributed by atoms with van der Waals surface area (Å²) >= 11 is 0. The van der Waals surface area contributed by atoms with E-state index in [4.69, 9.17) is 0 Å². The maximum Gasteiger partial charge on any atom is 0.293 e. The maximum atomic E-state index is 11.0. The lowest BCUT2D eigenvalue weighted by atomic mass is 10.1. The second-order valence-electron chi connectivity index (χ2n) is 4.69. The fourth-order valence-corrected chi connectivity index (χ4v) is 1.93. The molecule has 1 unspecified atom stereocenters. The molecule has 0 saturated heterocycles. The van der Waals surface area contributed by atoms with Gasteiger partial charge in [-0.1, -0.05) is 26.2 Å². The quantitative estimate of drug-likeness (QED) is 0.335. The Kier molecular flexibility index (Phi) is 5.99. The number of nitrogens with zero attached hydrogens (tertiary/aromatic N) is 1. The Morgan fingerprint density at radius 2 is 2.16 bits per heavy atom. The fourth-order valence-electron chi connectivity index (χ4n) is 1.93. The number of hydrogen-bond donors (Lipinski definition) is 1. The second-order valence-corrected chi connectivity index (χ2v) is 4.69. The summed E-state index contributed by atoms with van der Waals surface area (Å²) in [4.78, 5) is 21.2. The molecule has 0 fully saturated rings. The van der Waals surface area contributed by atoms with Gasteiger partial charge in [-0.05, 0) is 25.5 Å². The van der Waals surface area contributed by atoms with Gasteiger partial charge in [0.15, 0.2) is 0 Å². The molecule has 5 heteroatoms. The Labute approximate surface area is 113 Å². The van der Waals surface area contributed by atoms with Crippen LogP contribution in [0.3, 0.4) is 0 Å². The molecule has 0 saturated carbocycles. The van der Waals surface area contributed by atoms with Gasteiger partial charge in [0.1, 0.15) is 12.0 Å². The summed E-state index contributed by atoms with van der Waals surface area (Å²) in [6, 6.07) is 4.65. The van der Waals surface area contributed by atoms with Crippen molar-refractivity contribution >= 4 is 17.7 Å². The molecule has 1 aromatic carbocycles. The molecular formula is C14H20N2O3. The van der Waals surface area contributed by atoms with Crippen molar-refractivity contribution in [2.75, 3.05) is 5.32 Å². The van der Waals surface area contributed by atoms with E-state index >= 15 is 0 Å². The third-order valence-electron chi connectivity index (χ3n) is 3.00. The molecule has 0 bridgehead atoms. The second kappa shape index (κ2) is 7.51. The van der Waals surface area contributed by atoms with Crippen molar-refractivity contribution < 1.29 is 9.72 Å². The third-order valence-corrected chi connectivity index (χ3v) is 3.00. The van der Waals surface area contributed by atoms with Gasteiger partial charge in [0.2, 0.25) is 0 Å². The van der Waals surface area contributed by atoms with Crippen LogP contribution in [0.1, 0.15) is 49.9 Å². The summed E-state index contributed by atoms with van der Waals surface area (Å²) in [6.45, 7) is 4.15. The minimum atomic E-state index is -0.464. The average molecular weight is 264 g/mol. The fraction of sp³-hybridized carbons (Fsp3) is 0.500. The van der Waals surface area contributed by atoms with Gasteiger partial charge >= 0.3 is 0 Å². The van der Waals surface area contributed by atoms with Gasteiger partial charge in [0.25, 0.3) is 5.69 Å². The molecular weight excluding hydrogens is 244 g/mol. The third kappa shape index (κ3) is 4.69. The molecule has 0 radical (unpaired) electrons. The molecule has 0 aliphatic heterocycles. The first-order valence-corrected chi connectivity index (χ1v) is 6.58. The molecule has 19 heavy (non-hydrogen) atoms. The van der Waals surface area contributed by atoms with E-state index in [2.05, 4.69) is 12.2 Å². The highest BCUT2D eigenvalue weighted by Gasteiger charge is 2.15. The monoisotopic (exact) mass is 264 g/mol. The zero-order valence-electron chi connectivity index (χ0n) is 11.4. The Morgan fingerprint density at radius 3 is 2.74 bits per heavy atom. The van der Waals surface area contributed by atoms with Gasteiger partial charge in [0.05, 0.1) is 4.92 Å². The van der Waals surface area contributed by atoms with E-state index in [9.17, 15) is 14.9 Å². The molecule has 0 aliphatic carbocycles. The lowest BCUT2D eigenvalue weighted by molar-refractivity contribution is -0.384. The van der Waals surface area contributed by atoms with Crippen LogP contribution in [0.25, 0.3) is 0 Å². The van der Waals surface area contributed by atoms with Crippen molar-refractivity contribution in [1.29, 1.82) is 0 Å². The highest BCUT2D eigenvalue weighted by molar-refractivity contribution is 5.79. The summed E-state index contributed by atoms with van der Waals surface area (Å²) in [5, 5.41) is 14.1. The van der Waals surface area contributed by atoms with Crippen molar-refractivity contribution in [3.63, 3.8) is 0 Å². The van der Waals surface area contributed by atoms with Gasteiger partial charge in [-0.2, -0.15) is 0 Å². The van der Waals surface area contributed by atoms with Crippen molar-refractivity contribution in [3.05, 3.63) is 33.9 Å². The molecule has 0 spiro atoms. The number of nitro benzene ring substituents is 1. The number of anilines is 1. The van der Waals surface area contributed by atoms with Crippen molar-refractivity contribution in [2.45, 2.75) is 45.6 Å². The predicted molar refractivity (Wildman–Crippen MR) is 75.7 cm³/mol. The Balaban J connectivity index is 2.76. The van der Waals surface area contributed by atoms with E-state index in [1.165, 1.54) is 6.07 Å². The highest BCUT2D eigenvalue weighted by Crippen LogP contribution is 2.26. The Bertz CT molecular complexity index is 446. The average Bonchev–Trinajstić information content (AvgIpc) is 2.39. The minimum Gasteiger partial charge on any atom is -0.377 e. The number of unbranched alkanes of at least 4 members (excludes halogenated alkanes) is 2. The van der Waals surface area contributed by atoms with Gasteiger partial charge in [0, 0.05) is 17.7 Å². The lowest BCUT2D eigenvalue weighted by Crippen LogP contribution is -2.16. The van der Waals surface area contributed by atoms with E-state index in [1.54, 1.807) is 12.1 Å². The molecule has 1 atom stereocenters. The number of nitrogens with one attached hydrogen (secondary N) is 1. The van der Waals surface area contributed by atoms with Crippen LogP contribution < -0.4 is 5.32 Å². The number of carbonyl (C=O) groups excluding carboxylic acids is 1. The van der Waals surface area contributed by atoms with Crippen LogP contribution in [-0.2, 0) is 0 Å². The summed E-state index contributed by atoms with van der Waals surface area (Å²) < 4.78 is 0. The van der Waals surface area contributed by atoms with Crippen LogP contribution >= 0.6 is 0 Å². The largest absolute Gasteiger partial charge is 0.377 e. The number of rotatable bonds is 8. The molecule has 5 nitrogen and oxygen atoms in total. The van der Waals surface area contributed by atoms with Gasteiger partial charge in [-0.15, -0.1) is 0 Å². The number of carbonyl (C=O) groups is 1. The molecule has 0 heterocycles. The predicted octanol–water partition coefficient (Wildman–Crippen LogP) is 3.79. The zero-order valence-corrected chi connectivity index (χ0v) is 11.4. The number of benzene rings is 1. The van der Waals surface area contributed by atoms with Gasteiger partial charge in [-0.25, -0.2) is 0 Å². The number of hydrogen-bond acceptors (Lipinski definition) is 4. The first-order chi connectivity index (χ1) is 9.08. The molecule has 1 aromatic rings. The van der Waals surface area contributed by atoms with Crippen LogP contribution in [0, 0.1) is 10.1 Å². The van der Waals surface area contributed by atoms with Crippen LogP contribution in [0.15, 0.2) is 18.2 Å². The van der Waals surface area contributed by atoms with Crippen LogP contribution in [0.2, 0.25) is 0 Å². The van der Waals surface area contributed by atoms with Crippen LogP contribution in [-0.4, -0.2) is 17.3 Å². The van der Waals surface area contributed by atoms with Crippen LogP contribution in [0.4, 0.5) is 11.4 Å². The lowest BCUT2D eigenvalue weighted by Gasteiger charge is -2.15. The molecule has 0 aliphatic rings. The Hall–Kier alpha value is -1.91. The smallest absolute Gasteiger partial charge is 0.293 e. The first kappa shape index (κ1) is 15.1. The topological polar surface area (TPSA) is 72.2 Å². The zero-order chi connectivity index (χ0) is 14.3. The minimum absolute atomic E-state index is 0.0491. The summed E-state index contributed by atoms with van der Waals surface area (Å²) in [5.41, 5.74) is 0.738. The molecule has 1 N–H and O–H groups in total. The normalized spacial score (nSPS) is 11.9.